The number of aryl methyl sites for hydroxylation is 1. The number of hydrogen-bond donors (Lipinski definition) is 1. The van der Waals surface area contributed by atoms with Crippen molar-refractivity contribution in [1.29, 1.82) is 0 Å². The fourth-order valence-electron chi connectivity index (χ4n) is 3.18. The van der Waals surface area contributed by atoms with Gasteiger partial charge >= 0.3 is 0 Å². The minimum Gasteiger partial charge on any atom is -0.396 e. The molecule has 6 heteroatoms. The van der Waals surface area contributed by atoms with Crippen LogP contribution in [0.25, 0.3) is 0 Å². The first-order valence-corrected chi connectivity index (χ1v) is 7.57. The molecule has 1 aliphatic rings. The Morgan fingerprint density at radius 3 is 2.86 bits per heavy atom. The van der Waals surface area contributed by atoms with E-state index in [2.05, 4.69) is 0 Å². The van der Waals surface area contributed by atoms with Gasteiger partial charge in [-0.05, 0) is 45.6 Å². The number of carbonyl (C=O) groups is 1. The summed E-state index contributed by atoms with van der Waals surface area (Å²) < 4.78 is 0. The van der Waals surface area contributed by atoms with E-state index >= 15 is 0 Å². The molecule has 22 heavy (non-hydrogen) atoms. The zero-order valence-corrected chi connectivity index (χ0v) is 13.0. The SMILES string of the molecule is Cc1ccc(C(=O)N2CCCC2(C)CCCO)cc1[N+](=O)[O-]. The third-order valence-corrected chi connectivity index (χ3v) is 4.52. The molecule has 0 spiro atoms. The molecule has 0 saturated carbocycles. The molecule has 120 valence electrons. The Bertz CT molecular complexity index is 588. The lowest BCUT2D eigenvalue weighted by atomic mass is 9.92. The van der Waals surface area contributed by atoms with E-state index in [9.17, 15) is 14.9 Å². The highest BCUT2D eigenvalue weighted by Gasteiger charge is 2.39. The minimum absolute atomic E-state index is 0.0258. The molecule has 1 N–H and O–H groups in total. The summed E-state index contributed by atoms with van der Waals surface area (Å²) in [5.74, 6) is -0.166. The Balaban J connectivity index is 2.27. The van der Waals surface area contributed by atoms with Crippen molar-refractivity contribution in [2.45, 2.75) is 45.1 Å². The fraction of sp³-hybridized carbons (Fsp3) is 0.562. The predicted molar refractivity (Wildman–Crippen MR) is 82.8 cm³/mol. The Hall–Kier alpha value is -1.95. The molecule has 1 unspecified atom stereocenters. The molecule has 0 aromatic heterocycles. The normalized spacial score (nSPS) is 21.1. The lowest BCUT2D eigenvalue weighted by Crippen LogP contribution is -2.45. The predicted octanol–water partition coefficient (Wildman–Crippen LogP) is 2.67. The molecule has 1 aromatic carbocycles. The first kappa shape index (κ1) is 16.4. The topological polar surface area (TPSA) is 83.7 Å². The standard InChI is InChI=1S/C16H22N2O4/c1-12-5-6-13(11-14(12)18(21)22)15(20)17-9-3-7-16(17,2)8-4-10-19/h5-6,11,19H,3-4,7-10H2,1-2H3. The van der Waals surface area contributed by atoms with Gasteiger partial charge in [0.15, 0.2) is 0 Å². The highest BCUT2D eigenvalue weighted by molar-refractivity contribution is 5.95. The monoisotopic (exact) mass is 306 g/mol. The molecule has 2 rings (SSSR count). The minimum atomic E-state index is -0.457. The third-order valence-electron chi connectivity index (χ3n) is 4.52. The Labute approximate surface area is 129 Å². The summed E-state index contributed by atoms with van der Waals surface area (Å²) in [7, 11) is 0. The second-order valence-corrected chi connectivity index (χ2v) is 6.14. The molecule has 1 heterocycles. The Morgan fingerprint density at radius 2 is 2.23 bits per heavy atom. The maximum Gasteiger partial charge on any atom is 0.273 e. The van der Waals surface area contributed by atoms with Gasteiger partial charge in [0.1, 0.15) is 0 Å². The van der Waals surface area contributed by atoms with Gasteiger partial charge in [0, 0.05) is 35.9 Å². The second kappa shape index (κ2) is 6.44. The fourth-order valence-corrected chi connectivity index (χ4v) is 3.18. The largest absolute Gasteiger partial charge is 0.396 e. The number of aliphatic hydroxyl groups is 1. The lowest BCUT2D eigenvalue weighted by Gasteiger charge is -2.35. The lowest BCUT2D eigenvalue weighted by molar-refractivity contribution is -0.385. The molecule has 1 aliphatic heterocycles. The zero-order chi connectivity index (χ0) is 16.3. The average molecular weight is 306 g/mol. The van der Waals surface area contributed by atoms with Crippen LogP contribution in [0, 0.1) is 17.0 Å². The summed E-state index contributed by atoms with van der Waals surface area (Å²) in [6.45, 7) is 4.44. The van der Waals surface area contributed by atoms with Gasteiger partial charge in [0.05, 0.1) is 4.92 Å². The van der Waals surface area contributed by atoms with Gasteiger partial charge in [-0.3, -0.25) is 14.9 Å². The molecular formula is C16H22N2O4. The van der Waals surface area contributed by atoms with Crippen LogP contribution in [0.2, 0.25) is 0 Å². The van der Waals surface area contributed by atoms with Crippen LogP contribution in [0.1, 0.15) is 48.5 Å². The van der Waals surface area contributed by atoms with E-state index in [1.165, 1.54) is 6.07 Å². The number of carbonyl (C=O) groups excluding carboxylic acids is 1. The number of nitro benzene ring substituents is 1. The van der Waals surface area contributed by atoms with Crippen LogP contribution in [0.15, 0.2) is 18.2 Å². The third kappa shape index (κ3) is 3.11. The number of benzene rings is 1. The number of rotatable bonds is 5. The van der Waals surface area contributed by atoms with E-state index in [-0.39, 0.29) is 23.7 Å². The smallest absolute Gasteiger partial charge is 0.273 e. The molecule has 0 bridgehead atoms. The van der Waals surface area contributed by atoms with Gasteiger partial charge < -0.3 is 10.0 Å². The first-order valence-electron chi connectivity index (χ1n) is 7.57. The van der Waals surface area contributed by atoms with Crippen LogP contribution in [-0.4, -0.2) is 39.5 Å². The number of nitro groups is 1. The Morgan fingerprint density at radius 1 is 1.50 bits per heavy atom. The van der Waals surface area contributed by atoms with Crippen molar-refractivity contribution in [1.82, 2.24) is 4.90 Å². The number of likely N-dealkylation sites (tertiary alicyclic amines) is 1. The maximum absolute atomic E-state index is 12.8. The van der Waals surface area contributed by atoms with Crippen molar-refractivity contribution in [2.75, 3.05) is 13.2 Å². The van der Waals surface area contributed by atoms with Crippen LogP contribution in [0.5, 0.6) is 0 Å². The summed E-state index contributed by atoms with van der Waals surface area (Å²) in [6.07, 6.45) is 3.20. The van der Waals surface area contributed by atoms with E-state index < -0.39 is 4.92 Å². The van der Waals surface area contributed by atoms with Crippen molar-refractivity contribution in [3.05, 3.63) is 39.4 Å². The van der Waals surface area contributed by atoms with Crippen molar-refractivity contribution in [3.8, 4) is 0 Å². The van der Waals surface area contributed by atoms with Crippen LogP contribution < -0.4 is 0 Å². The van der Waals surface area contributed by atoms with Gasteiger partial charge in [0.25, 0.3) is 11.6 Å². The molecule has 6 nitrogen and oxygen atoms in total. The second-order valence-electron chi connectivity index (χ2n) is 6.14. The van der Waals surface area contributed by atoms with Gasteiger partial charge in [-0.2, -0.15) is 0 Å². The van der Waals surface area contributed by atoms with E-state index in [1.807, 2.05) is 6.92 Å². The average Bonchev–Trinajstić information content (AvgIpc) is 2.87. The van der Waals surface area contributed by atoms with Crippen LogP contribution in [-0.2, 0) is 0 Å². The van der Waals surface area contributed by atoms with Crippen molar-refractivity contribution >= 4 is 11.6 Å². The van der Waals surface area contributed by atoms with E-state index in [0.717, 1.165) is 19.3 Å². The van der Waals surface area contributed by atoms with E-state index in [0.29, 0.717) is 24.1 Å². The van der Waals surface area contributed by atoms with E-state index in [1.54, 1.807) is 24.0 Å². The maximum atomic E-state index is 12.8. The number of hydrogen-bond acceptors (Lipinski definition) is 4. The molecule has 0 radical (unpaired) electrons. The summed E-state index contributed by atoms with van der Waals surface area (Å²) in [5, 5.41) is 20.1. The van der Waals surface area contributed by atoms with Gasteiger partial charge in [-0.15, -0.1) is 0 Å². The van der Waals surface area contributed by atoms with Gasteiger partial charge in [0.2, 0.25) is 0 Å². The summed E-state index contributed by atoms with van der Waals surface area (Å²) in [5.41, 5.74) is 0.599. The zero-order valence-electron chi connectivity index (χ0n) is 13.0. The molecule has 1 amide bonds. The van der Waals surface area contributed by atoms with Crippen LogP contribution in [0.4, 0.5) is 5.69 Å². The highest BCUT2D eigenvalue weighted by Crippen LogP contribution is 2.34. The van der Waals surface area contributed by atoms with Crippen LogP contribution >= 0.6 is 0 Å². The summed E-state index contributed by atoms with van der Waals surface area (Å²) in [4.78, 5) is 25.1. The van der Waals surface area contributed by atoms with Crippen molar-refractivity contribution in [3.63, 3.8) is 0 Å². The van der Waals surface area contributed by atoms with Crippen LogP contribution in [0.3, 0.4) is 0 Å². The summed E-state index contributed by atoms with van der Waals surface area (Å²) >= 11 is 0. The van der Waals surface area contributed by atoms with E-state index in [4.69, 9.17) is 5.11 Å². The van der Waals surface area contributed by atoms with Crippen molar-refractivity contribution < 1.29 is 14.8 Å². The summed E-state index contributed by atoms with van der Waals surface area (Å²) in [6, 6.07) is 4.63. The van der Waals surface area contributed by atoms with Crippen molar-refractivity contribution in [2.24, 2.45) is 0 Å². The number of amides is 1. The Kier molecular flexibility index (Phi) is 4.81. The van der Waals surface area contributed by atoms with Gasteiger partial charge in [-0.1, -0.05) is 6.07 Å². The quantitative estimate of drug-likeness (QED) is 0.669. The number of nitrogens with zero attached hydrogens (tertiary/aromatic N) is 2. The molecular weight excluding hydrogens is 284 g/mol. The van der Waals surface area contributed by atoms with Gasteiger partial charge in [-0.25, -0.2) is 0 Å². The molecule has 1 fully saturated rings. The first-order chi connectivity index (χ1) is 10.4. The molecule has 1 aromatic rings. The molecule has 1 atom stereocenters. The molecule has 1 saturated heterocycles. The number of aliphatic hydroxyl groups excluding tert-OH is 1. The highest BCUT2D eigenvalue weighted by atomic mass is 16.6. The molecule has 0 aliphatic carbocycles.